The topological polar surface area (TPSA) is 234 Å². The van der Waals surface area contributed by atoms with Crippen LogP contribution in [0.25, 0.3) is 15.3 Å². The molecule has 0 aliphatic carbocycles. The number of sulfonamides is 1. The van der Waals surface area contributed by atoms with Gasteiger partial charge >= 0.3 is 5.97 Å². The second kappa shape index (κ2) is 18.2. The van der Waals surface area contributed by atoms with Crippen molar-refractivity contribution in [3.8, 4) is 11.2 Å². The average molecular weight is 791 g/mol. The molecule has 0 unspecified atom stereocenters. The molecule has 18 nitrogen and oxygen atoms in total. The number of fused-ring (bicyclic) bond motifs is 1. The summed E-state index contributed by atoms with van der Waals surface area (Å²) in [7, 11) is 0.369. The van der Waals surface area contributed by atoms with Crippen molar-refractivity contribution in [1.82, 2.24) is 29.0 Å². The number of likely N-dealkylation sites (N-methyl/N-ethyl adjacent to an activating group) is 1. The molecule has 0 spiro atoms. The molecule has 0 aliphatic heterocycles. The number of nitriles is 1. The van der Waals surface area contributed by atoms with Gasteiger partial charge in [-0.05, 0) is 62.9 Å². The standard InChI is InChI=1S/C35H42N12O6S2/c1-21-15-22(2)29(23(3)16-21)40-34-41-32(37-11-7-13-52-5)30(33(42-34)38-12-8-14-53-6)43-44-31-24(18-36)19-47(45-31)35-39-26-17-25(9-10-27(26)54-35)55(50,51)46(4)20-28(48)49/h9-10,15-17,19H,7-8,11-14,20H2,1-6H3,(H,48,49)(H3,37,38,40,41,42). The van der Waals surface area contributed by atoms with E-state index in [1.807, 2.05) is 20.8 Å². The van der Waals surface area contributed by atoms with E-state index in [1.165, 1.54) is 41.4 Å². The summed E-state index contributed by atoms with van der Waals surface area (Å²) in [5.74, 6) is -0.170. The molecule has 3 heterocycles. The Balaban J connectivity index is 1.52. The smallest absolute Gasteiger partial charge is 0.318 e. The van der Waals surface area contributed by atoms with Crippen molar-refractivity contribution in [2.24, 2.45) is 10.2 Å². The molecule has 4 N–H and O–H groups in total. The van der Waals surface area contributed by atoms with Gasteiger partial charge in [-0.2, -0.15) is 19.5 Å². The predicted molar refractivity (Wildman–Crippen MR) is 209 cm³/mol. The lowest BCUT2D eigenvalue weighted by Crippen LogP contribution is -2.31. The number of methoxy groups -OCH3 is 2. The fourth-order valence-electron chi connectivity index (χ4n) is 5.51. The van der Waals surface area contributed by atoms with E-state index < -0.39 is 22.5 Å². The highest BCUT2D eigenvalue weighted by Crippen LogP contribution is 2.36. The van der Waals surface area contributed by atoms with Gasteiger partial charge in [0.2, 0.25) is 26.9 Å². The maximum Gasteiger partial charge on any atom is 0.318 e. The van der Waals surface area contributed by atoms with Crippen molar-refractivity contribution in [1.29, 1.82) is 5.26 Å². The second-order valence-corrected chi connectivity index (χ2v) is 15.5. The van der Waals surface area contributed by atoms with E-state index in [0.29, 0.717) is 72.1 Å². The van der Waals surface area contributed by atoms with E-state index >= 15 is 0 Å². The van der Waals surface area contributed by atoms with Gasteiger partial charge in [0.15, 0.2) is 17.3 Å². The van der Waals surface area contributed by atoms with Crippen molar-refractivity contribution in [3.05, 3.63) is 58.8 Å². The molecule has 0 aliphatic rings. The Morgan fingerprint density at radius 3 is 2.22 bits per heavy atom. The molecule has 5 rings (SSSR count). The first-order valence-electron chi connectivity index (χ1n) is 17.1. The highest BCUT2D eigenvalue weighted by Gasteiger charge is 2.24. The van der Waals surface area contributed by atoms with Gasteiger partial charge in [-0.3, -0.25) is 4.79 Å². The molecule has 2 aromatic carbocycles. The van der Waals surface area contributed by atoms with Crippen LogP contribution in [0.5, 0.6) is 0 Å². The zero-order chi connectivity index (χ0) is 39.7. The van der Waals surface area contributed by atoms with Gasteiger partial charge in [-0.15, -0.1) is 15.3 Å². The van der Waals surface area contributed by atoms with E-state index in [9.17, 15) is 18.5 Å². The van der Waals surface area contributed by atoms with Crippen LogP contribution in [0.1, 0.15) is 35.1 Å². The fraction of sp³-hybridized carbons (Fsp3) is 0.371. The minimum Gasteiger partial charge on any atom is -0.480 e. The molecule has 0 fully saturated rings. The summed E-state index contributed by atoms with van der Waals surface area (Å²) in [5, 5.41) is 42.9. The first kappa shape index (κ1) is 40.6. The molecule has 55 heavy (non-hydrogen) atoms. The summed E-state index contributed by atoms with van der Waals surface area (Å²) < 4.78 is 39.1. The maximum absolute atomic E-state index is 13.0. The molecule has 5 aromatic rings. The number of nitrogens with zero attached hydrogens (tertiary/aromatic N) is 9. The Bertz CT molecular complexity index is 2300. The Morgan fingerprint density at radius 2 is 1.64 bits per heavy atom. The highest BCUT2D eigenvalue weighted by atomic mass is 32.2. The van der Waals surface area contributed by atoms with Gasteiger partial charge in [0.05, 0.1) is 21.3 Å². The number of hydrogen-bond donors (Lipinski definition) is 4. The zero-order valence-corrected chi connectivity index (χ0v) is 32.9. The van der Waals surface area contributed by atoms with E-state index in [4.69, 9.17) is 24.5 Å². The number of benzene rings is 2. The SMILES string of the molecule is COCCCNc1nc(Nc2c(C)cc(C)cc2C)nc(NCCCOC)c1N=Nc1nn(-c2nc3cc(S(=O)(=O)N(C)CC(=O)O)ccc3s2)cc1C#N. The molecule has 20 heteroatoms. The van der Waals surface area contributed by atoms with Crippen molar-refractivity contribution in [2.45, 2.75) is 38.5 Å². The molecule has 0 bridgehead atoms. The van der Waals surface area contributed by atoms with Gasteiger partial charge in [0.25, 0.3) is 0 Å². The third-order valence-corrected chi connectivity index (χ3v) is 10.9. The molecule has 0 radical (unpaired) electrons. The number of aliphatic carboxylic acids is 1. The predicted octanol–water partition coefficient (Wildman–Crippen LogP) is 5.83. The van der Waals surface area contributed by atoms with Crippen LogP contribution in [0.3, 0.4) is 0 Å². The number of carbonyl (C=O) groups is 1. The van der Waals surface area contributed by atoms with Crippen molar-refractivity contribution >= 4 is 72.3 Å². The number of ether oxygens (including phenoxy) is 2. The molecular formula is C35H42N12O6S2. The summed E-state index contributed by atoms with van der Waals surface area (Å²) in [5.41, 5.74) is 4.85. The lowest BCUT2D eigenvalue weighted by molar-refractivity contribution is -0.137. The number of azo groups is 1. The summed E-state index contributed by atoms with van der Waals surface area (Å²) in [4.78, 5) is 25.1. The molecule has 0 amide bonds. The van der Waals surface area contributed by atoms with E-state index in [0.717, 1.165) is 26.7 Å². The first-order chi connectivity index (χ1) is 26.3. The van der Waals surface area contributed by atoms with Gasteiger partial charge in [0.1, 0.15) is 18.2 Å². The van der Waals surface area contributed by atoms with Gasteiger partial charge < -0.3 is 30.5 Å². The van der Waals surface area contributed by atoms with Crippen molar-refractivity contribution in [3.63, 3.8) is 0 Å². The molecule has 0 saturated carbocycles. The van der Waals surface area contributed by atoms with Crippen LogP contribution >= 0.6 is 11.3 Å². The van der Waals surface area contributed by atoms with Crippen LogP contribution in [0.15, 0.2) is 51.7 Å². The number of nitrogens with one attached hydrogen (secondary N) is 3. The van der Waals surface area contributed by atoms with Crippen LogP contribution in [0.4, 0.5) is 34.8 Å². The monoisotopic (exact) mass is 790 g/mol. The third kappa shape index (κ3) is 9.94. The third-order valence-electron chi connectivity index (χ3n) is 8.10. The van der Waals surface area contributed by atoms with E-state index in [2.05, 4.69) is 54.5 Å². The summed E-state index contributed by atoms with van der Waals surface area (Å²) in [6.07, 6.45) is 2.82. The number of hydrogen-bond acceptors (Lipinski definition) is 16. The van der Waals surface area contributed by atoms with Gasteiger partial charge in [0, 0.05) is 53.3 Å². The molecule has 3 aromatic heterocycles. The summed E-state index contributed by atoms with van der Waals surface area (Å²) >= 11 is 1.21. The number of carboxylic acids is 1. The normalized spacial score (nSPS) is 11.7. The summed E-state index contributed by atoms with van der Waals surface area (Å²) in [6, 6.07) is 10.6. The Kier molecular flexibility index (Phi) is 13.4. The first-order valence-corrected chi connectivity index (χ1v) is 19.3. The number of rotatable bonds is 19. The fourth-order valence-corrected chi connectivity index (χ4v) is 7.52. The lowest BCUT2D eigenvalue weighted by atomic mass is 10.1. The number of carboxylic acid groups (broad SMARTS) is 1. The number of aryl methyl sites for hydroxylation is 3. The van der Waals surface area contributed by atoms with Crippen LogP contribution in [-0.2, 0) is 24.3 Å². The van der Waals surface area contributed by atoms with E-state index in [-0.39, 0.29) is 22.0 Å². The summed E-state index contributed by atoms with van der Waals surface area (Å²) in [6.45, 7) is 7.45. The Morgan fingerprint density at radius 1 is 1.00 bits per heavy atom. The maximum atomic E-state index is 13.0. The molecule has 0 saturated heterocycles. The van der Waals surface area contributed by atoms with Gasteiger partial charge in [-0.25, -0.2) is 18.1 Å². The number of thiazole rings is 1. The zero-order valence-electron chi connectivity index (χ0n) is 31.2. The Hall–Kier alpha value is -5.59. The second-order valence-electron chi connectivity index (χ2n) is 12.4. The van der Waals surface area contributed by atoms with Crippen LogP contribution in [0, 0.1) is 32.1 Å². The molecule has 0 atom stereocenters. The minimum atomic E-state index is -4.08. The minimum absolute atomic E-state index is 0.00379. The Labute approximate surface area is 322 Å². The van der Waals surface area contributed by atoms with E-state index in [1.54, 1.807) is 20.3 Å². The lowest BCUT2D eigenvalue weighted by Gasteiger charge is -2.17. The largest absolute Gasteiger partial charge is 0.480 e. The van der Waals surface area contributed by atoms with Crippen LogP contribution in [-0.4, -0.2) is 103 Å². The average Bonchev–Trinajstić information content (AvgIpc) is 3.76. The van der Waals surface area contributed by atoms with Crippen molar-refractivity contribution < 1.29 is 27.8 Å². The van der Waals surface area contributed by atoms with Crippen molar-refractivity contribution in [2.75, 3.05) is 70.1 Å². The van der Waals surface area contributed by atoms with Crippen LogP contribution in [0.2, 0.25) is 0 Å². The number of aromatic nitrogens is 5. The van der Waals surface area contributed by atoms with Gasteiger partial charge in [-0.1, -0.05) is 29.0 Å². The van der Waals surface area contributed by atoms with Crippen LogP contribution < -0.4 is 16.0 Å². The molecular weight excluding hydrogens is 749 g/mol. The highest BCUT2D eigenvalue weighted by molar-refractivity contribution is 7.89. The quantitative estimate of drug-likeness (QED) is 0.0569. The molecule has 290 valence electrons. The number of anilines is 4.